The number of carbonyl (C=O) groups excluding carboxylic acids is 1. The van der Waals surface area contributed by atoms with E-state index in [2.05, 4.69) is 25.9 Å². The van der Waals surface area contributed by atoms with Gasteiger partial charge in [-0.15, -0.1) is 0 Å². The number of amides is 2. The van der Waals surface area contributed by atoms with E-state index < -0.39 is 17.9 Å². The van der Waals surface area contributed by atoms with Crippen molar-refractivity contribution in [3.8, 4) is 0 Å². The summed E-state index contributed by atoms with van der Waals surface area (Å²) in [5.41, 5.74) is -0.741. The minimum absolute atomic E-state index is 0.0439. The summed E-state index contributed by atoms with van der Waals surface area (Å²) in [5, 5.41) is 8.35. The van der Waals surface area contributed by atoms with Gasteiger partial charge in [-0.1, -0.05) is 0 Å². The molecule has 2 rings (SSSR count). The van der Waals surface area contributed by atoms with Gasteiger partial charge in [-0.3, -0.25) is 0 Å². The van der Waals surface area contributed by atoms with Gasteiger partial charge in [0.1, 0.15) is 11.5 Å². The highest BCUT2D eigenvalue weighted by molar-refractivity contribution is 5.73. The highest BCUT2D eigenvalue weighted by Gasteiger charge is 2.33. The molecule has 1 aromatic rings. The van der Waals surface area contributed by atoms with Crippen molar-refractivity contribution in [1.82, 2.24) is 25.9 Å². The van der Waals surface area contributed by atoms with Gasteiger partial charge in [0.2, 0.25) is 0 Å². The molecule has 1 aromatic heterocycles. The van der Waals surface area contributed by atoms with Crippen molar-refractivity contribution in [2.45, 2.75) is 25.6 Å². The Labute approximate surface area is 137 Å². The monoisotopic (exact) mass is 347 g/mol. The Morgan fingerprint density at radius 3 is 2.88 bits per heavy atom. The van der Waals surface area contributed by atoms with Crippen LogP contribution in [0.25, 0.3) is 0 Å². The molecule has 1 atom stereocenters. The summed E-state index contributed by atoms with van der Waals surface area (Å²) in [5.74, 6) is 0.0439. The first-order valence-corrected chi connectivity index (χ1v) is 7.60. The molecule has 1 fully saturated rings. The van der Waals surface area contributed by atoms with Crippen LogP contribution < -0.4 is 16.0 Å². The average molecular weight is 347 g/mol. The lowest BCUT2D eigenvalue weighted by Crippen LogP contribution is -2.47. The van der Waals surface area contributed by atoms with Crippen molar-refractivity contribution in [3.05, 3.63) is 23.3 Å². The van der Waals surface area contributed by atoms with Gasteiger partial charge >= 0.3 is 12.2 Å². The normalized spacial score (nSPS) is 18.2. The van der Waals surface area contributed by atoms with Crippen molar-refractivity contribution in [2.24, 2.45) is 0 Å². The molecule has 10 heteroatoms. The number of urea groups is 1. The van der Waals surface area contributed by atoms with Crippen LogP contribution in [-0.4, -0.2) is 54.9 Å². The molecule has 0 bridgehead atoms. The predicted molar refractivity (Wildman–Crippen MR) is 79.5 cm³/mol. The topological polar surface area (TPSA) is 88.2 Å². The van der Waals surface area contributed by atoms with Crippen LogP contribution in [0.1, 0.15) is 17.2 Å². The number of nitrogens with one attached hydrogen (secondary N) is 3. The first-order valence-electron chi connectivity index (χ1n) is 7.60. The second kappa shape index (κ2) is 8.25. The zero-order valence-corrected chi connectivity index (χ0v) is 13.2. The van der Waals surface area contributed by atoms with Crippen LogP contribution in [0, 0.1) is 6.92 Å². The maximum Gasteiger partial charge on any atom is 0.433 e. The molecule has 0 spiro atoms. The number of morpholine rings is 1. The first kappa shape index (κ1) is 18.4. The maximum atomic E-state index is 12.7. The van der Waals surface area contributed by atoms with Gasteiger partial charge in [0.05, 0.1) is 12.7 Å². The standard InChI is InChI=1S/C14H20F3N5O2/c1-9-6-11(14(15,16)17)22-12(21-9)2-3-19-13(23)20-8-10-7-18-4-5-24-10/h6,10,18H,2-5,7-8H2,1H3,(H2,19,20,23). The van der Waals surface area contributed by atoms with Gasteiger partial charge in [-0.05, 0) is 13.0 Å². The predicted octanol–water partition coefficient (Wildman–Crippen LogP) is 0.634. The molecule has 24 heavy (non-hydrogen) atoms. The molecule has 1 aliphatic rings. The molecule has 134 valence electrons. The number of carbonyl (C=O) groups is 1. The third kappa shape index (κ3) is 5.93. The van der Waals surface area contributed by atoms with E-state index in [-0.39, 0.29) is 30.6 Å². The van der Waals surface area contributed by atoms with E-state index in [1.165, 1.54) is 6.92 Å². The van der Waals surface area contributed by atoms with E-state index in [1.807, 2.05) is 0 Å². The average Bonchev–Trinajstić information content (AvgIpc) is 2.52. The summed E-state index contributed by atoms with van der Waals surface area (Å²) in [6.45, 7) is 4.02. The lowest BCUT2D eigenvalue weighted by Gasteiger charge is -2.23. The number of hydrogen-bond acceptors (Lipinski definition) is 5. The number of nitrogens with zero attached hydrogens (tertiary/aromatic N) is 2. The Hall–Kier alpha value is -1.94. The molecule has 0 aromatic carbocycles. The van der Waals surface area contributed by atoms with Crippen LogP contribution in [0.3, 0.4) is 0 Å². The van der Waals surface area contributed by atoms with Crippen molar-refractivity contribution >= 4 is 6.03 Å². The van der Waals surface area contributed by atoms with E-state index in [0.29, 0.717) is 19.7 Å². The zero-order chi connectivity index (χ0) is 17.6. The Morgan fingerprint density at radius 2 is 2.21 bits per heavy atom. The molecule has 0 radical (unpaired) electrons. The lowest BCUT2D eigenvalue weighted by atomic mass is 10.3. The van der Waals surface area contributed by atoms with Crippen LogP contribution in [0.4, 0.5) is 18.0 Å². The first-order chi connectivity index (χ1) is 11.3. The molecule has 3 N–H and O–H groups in total. The van der Waals surface area contributed by atoms with Crippen molar-refractivity contribution in [2.75, 3.05) is 32.8 Å². The number of aryl methyl sites for hydroxylation is 1. The minimum Gasteiger partial charge on any atom is -0.374 e. The zero-order valence-electron chi connectivity index (χ0n) is 13.2. The fourth-order valence-electron chi connectivity index (χ4n) is 2.19. The number of aromatic nitrogens is 2. The Morgan fingerprint density at radius 1 is 1.42 bits per heavy atom. The molecule has 0 aliphatic carbocycles. The van der Waals surface area contributed by atoms with Crippen LogP contribution in [0.5, 0.6) is 0 Å². The van der Waals surface area contributed by atoms with Crippen molar-refractivity contribution in [1.29, 1.82) is 0 Å². The molecule has 2 amide bonds. The second-order valence-electron chi connectivity index (χ2n) is 5.39. The summed E-state index contributed by atoms with van der Waals surface area (Å²) in [6.07, 6.45) is -4.49. The second-order valence-corrected chi connectivity index (χ2v) is 5.39. The minimum atomic E-state index is -4.51. The Kier molecular flexibility index (Phi) is 6.32. The number of hydrogen-bond donors (Lipinski definition) is 3. The van der Waals surface area contributed by atoms with Gasteiger partial charge in [-0.25, -0.2) is 14.8 Å². The van der Waals surface area contributed by atoms with Gasteiger partial charge < -0.3 is 20.7 Å². The van der Waals surface area contributed by atoms with E-state index in [0.717, 1.165) is 12.6 Å². The van der Waals surface area contributed by atoms with Crippen molar-refractivity contribution < 1.29 is 22.7 Å². The SMILES string of the molecule is Cc1cc(C(F)(F)F)nc(CCNC(=O)NCC2CNCCO2)n1. The summed E-state index contributed by atoms with van der Waals surface area (Å²) < 4.78 is 43.5. The molecular formula is C14H20F3N5O2. The number of rotatable bonds is 5. The number of alkyl halides is 3. The maximum absolute atomic E-state index is 12.7. The smallest absolute Gasteiger partial charge is 0.374 e. The van der Waals surface area contributed by atoms with Gasteiger partial charge in [0.25, 0.3) is 0 Å². The van der Waals surface area contributed by atoms with E-state index in [4.69, 9.17) is 4.74 Å². The lowest BCUT2D eigenvalue weighted by molar-refractivity contribution is -0.141. The molecule has 2 heterocycles. The molecular weight excluding hydrogens is 327 g/mol. The highest BCUT2D eigenvalue weighted by Crippen LogP contribution is 2.27. The molecule has 0 saturated carbocycles. The van der Waals surface area contributed by atoms with Crippen molar-refractivity contribution in [3.63, 3.8) is 0 Å². The summed E-state index contributed by atoms with van der Waals surface area (Å²) in [6, 6.07) is 0.481. The summed E-state index contributed by atoms with van der Waals surface area (Å²) in [7, 11) is 0. The molecule has 7 nitrogen and oxygen atoms in total. The van der Waals surface area contributed by atoms with E-state index in [1.54, 1.807) is 0 Å². The Bertz CT molecular complexity index is 562. The van der Waals surface area contributed by atoms with Gasteiger partial charge in [-0.2, -0.15) is 13.2 Å². The third-order valence-corrected chi connectivity index (χ3v) is 3.32. The van der Waals surface area contributed by atoms with Crippen LogP contribution in [0.2, 0.25) is 0 Å². The Balaban J connectivity index is 1.75. The van der Waals surface area contributed by atoms with Crippen LogP contribution in [0.15, 0.2) is 6.07 Å². The number of halogens is 3. The molecule has 1 aliphatic heterocycles. The fourth-order valence-corrected chi connectivity index (χ4v) is 2.19. The largest absolute Gasteiger partial charge is 0.433 e. The van der Waals surface area contributed by atoms with E-state index in [9.17, 15) is 18.0 Å². The van der Waals surface area contributed by atoms with Gasteiger partial charge in [0, 0.05) is 38.3 Å². The third-order valence-electron chi connectivity index (χ3n) is 3.32. The van der Waals surface area contributed by atoms with Crippen LogP contribution >= 0.6 is 0 Å². The fraction of sp³-hybridized carbons (Fsp3) is 0.643. The molecule has 1 saturated heterocycles. The van der Waals surface area contributed by atoms with Crippen LogP contribution in [-0.2, 0) is 17.3 Å². The number of ether oxygens (including phenoxy) is 1. The summed E-state index contributed by atoms with van der Waals surface area (Å²) >= 11 is 0. The highest BCUT2D eigenvalue weighted by atomic mass is 19.4. The van der Waals surface area contributed by atoms with Gasteiger partial charge in [0.15, 0.2) is 0 Å². The molecule has 1 unspecified atom stereocenters. The van der Waals surface area contributed by atoms with E-state index >= 15 is 0 Å². The summed E-state index contributed by atoms with van der Waals surface area (Å²) in [4.78, 5) is 19.1. The quantitative estimate of drug-likeness (QED) is 0.727.